The highest BCUT2D eigenvalue weighted by atomic mass is 16.6. The molecule has 1 fully saturated rings. The number of amides is 2. The van der Waals surface area contributed by atoms with Gasteiger partial charge in [-0.25, -0.2) is 9.59 Å². The molecule has 2 unspecified atom stereocenters. The van der Waals surface area contributed by atoms with Gasteiger partial charge in [0.1, 0.15) is 11.6 Å². The maximum atomic E-state index is 13.4. The number of carbonyl (C=O) groups excluding carboxylic acids is 2. The summed E-state index contributed by atoms with van der Waals surface area (Å²) in [7, 11) is 0. The maximum Gasteiger partial charge on any atom is 0.408 e. The first-order chi connectivity index (χ1) is 15.5. The fourth-order valence-corrected chi connectivity index (χ4v) is 4.03. The van der Waals surface area contributed by atoms with Gasteiger partial charge in [0.05, 0.1) is 12.0 Å². The minimum absolute atomic E-state index is 0.194. The number of nitrogens with one attached hydrogen (secondary N) is 1. The summed E-state index contributed by atoms with van der Waals surface area (Å²) >= 11 is 0. The number of nitrogens with zero attached hydrogens (tertiary/aromatic N) is 1. The average Bonchev–Trinajstić information content (AvgIpc) is 3.19. The van der Waals surface area contributed by atoms with Crippen molar-refractivity contribution in [2.75, 3.05) is 6.54 Å². The summed E-state index contributed by atoms with van der Waals surface area (Å²) in [5.41, 5.74) is 0.385. The van der Waals surface area contributed by atoms with Crippen LogP contribution in [0.25, 0.3) is 0 Å². The van der Waals surface area contributed by atoms with Crippen LogP contribution >= 0.6 is 0 Å². The van der Waals surface area contributed by atoms with Crippen LogP contribution in [0.15, 0.2) is 42.5 Å². The predicted molar refractivity (Wildman–Crippen MR) is 128 cm³/mol. The Morgan fingerprint density at radius 2 is 1.85 bits per heavy atom. The van der Waals surface area contributed by atoms with Crippen LogP contribution in [0, 0.1) is 11.8 Å². The minimum Gasteiger partial charge on any atom is -0.480 e. The highest BCUT2D eigenvalue weighted by Gasteiger charge is 2.36. The SMILES string of the molecule is CC(C)CC(/C=C/C(Cc1ccccc1)C(=O)N1CCC[C@@H]1C(=O)O)NC(=O)OC(C)(C)C. The molecule has 1 aliphatic rings. The summed E-state index contributed by atoms with van der Waals surface area (Å²) in [5, 5.41) is 12.4. The number of benzene rings is 1. The molecule has 0 aliphatic carbocycles. The third-order valence-corrected chi connectivity index (χ3v) is 5.44. The molecule has 0 radical (unpaired) electrons. The second-order valence-corrected chi connectivity index (χ2v) is 10.1. The Bertz CT molecular complexity index is 829. The molecule has 1 aromatic carbocycles. The van der Waals surface area contributed by atoms with Crippen LogP contribution in [0.2, 0.25) is 0 Å². The smallest absolute Gasteiger partial charge is 0.408 e. The Labute approximate surface area is 197 Å². The number of hydrogen-bond donors (Lipinski definition) is 2. The summed E-state index contributed by atoms with van der Waals surface area (Å²) in [6.45, 7) is 9.99. The molecule has 2 rings (SSSR count). The lowest BCUT2D eigenvalue weighted by molar-refractivity contribution is -0.149. The molecule has 1 heterocycles. The van der Waals surface area contributed by atoms with Gasteiger partial charge in [0.25, 0.3) is 0 Å². The molecule has 0 bridgehead atoms. The van der Waals surface area contributed by atoms with E-state index in [1.165, 1.54) is 4.90 Å². The van der Waals surface area contributed by atoms with Crippen molar-refractivity contribution in [3.63, 3.8) is 0 Å². The Morgan fingerprint density at radius 3 is 2.42 bits per heavy atom. The van der Waals surface area contributed by atoms with Crippen LogP contribution in [0.5, 0.6) is 0 Å². The van der Waals surface area contributed by atoms with E-state index in [9.17, 15) is 19.5 Å². The van der Waals surface area contributed by atoms with Gasteiger partial charge >= 0.3 is 12.1 Å². The number of aliphatic carboxylic acids is 1. The standard InChI is InChI=1S/C26H38N2O5/c1-18(2)16-21(27-25(32)33-26(3,4)5)14-13-20(17-19-10-7-6-8-11-19)23(29)28-15-9-12-22(28)24(30)31/h6-8,10-11,13-14,18,20-22H,9,12,15-17H2,1-5H3,(H,27,32)(H,30,31)/b14-13+/t20?,21?,22-/m1/s1. The summed E-state index contributed by atoms with van der Waals surface area (Å²) in [6, 6.07) is 8.58. The number of likely N-dealkylation sites (tertiary alicyclic amines) is 1. The Morgan fingerprint density at radius 1 is 1.18 bits per heavy atom. The fraction of sp³-hybridized carbons (Fsp3) is 0.577. The molecule has 7 heteroatoms. The molecule has 0 spiro atoms. The number of rotatable bonds is 9. The fourth-order valence-electron chi connectivity index (χ4n) is 4.03. The molecule has 3 atom stereocenters. The highest BCUT2D eigenvalue weighted by molar-refractivity contribution is 5.87. The van der Waals surface area contributed by atoms with E-state index in [1.807, 2.05) is 63.3 Å². The lowest BCUT2D eigenvalue weighted by Crippen LogP contribution is -2.44. The zero-order chi connectivity index (χ0) is 24.6. The lowest BCUT2D eigenvalue weighted by Gasteiger charge is -2.26. The first-order valence-corrected chi connectivity index (χ1v) is 11.7. The van der Waals surface area contributed by atoms with E-state index in [0.29, 0.717) is 38.1 Å². The second-order valence-electron chi connectivity index (χ2n) is 10.1. The summed E-state index contributed by atoms with van der Waals surface area (Å²) < 4.78 is 5.40. The van der Waals surface area contributed by atoms with Crippen molar-refractivity contribution in [3.05, 3.63) is 48.0 Å². The first kappa shape index (κ1) is 26.4. The van der Waals surface area contributed by atoms with E-state index in [-0.39, 0.29) is 11.9 Å². The molecule has 1 aliphatic heterocycles. The van der Waals surface area contributed by atoms with Crippen LogP contribution in [-0.2, 0) is 20.7 Å². The van der Waals surface area contributed by atoms with E-state index >= 15 is 0 Å². The zero-order valence-electron chi connectivity index (χ0n) is 20.4. The number of ether oxygens (including phenoxy) is 1. The van der Waals surface area contributed by atoms with Gasteiger partial charge < -0.3 is 20.1 Å². The van der Waals surface area contributed by atoms with Gasteiger partial charge in [-0.2, -0.15) is 0 Å². The van der Waals surface area contributed by atoms with Crippen molar-refractivity contribution < 1.29 is 24.2 Å². The normalized spacial score (nSPS) is 18.4. The van der Waals surface area contributed by atoms with Crippen molar-refractivity contribution in [1.82, 2.24) is 10.2 Å². The number of hydrogen-bond acceptors (Lipinski definition) is 4. The van der Waals surface area contributed by atoms with Gasteiger partial charge in [-0.3, -0.25) is 4.79 Å². The summed E-state index contributed by atoms with van der Waals surface area (Å²) in [6.07, 6.45) is 5.45. The second kappa shape index (κ2) is 11.9. The summed E-state index contributed by atoms with van der Waals surface area (Å²) in [4.78, 5) is 38.9. The van der Waals surface area contributed by atoms with Crippen LogP contribution in [-0.4, -0.2) is 52.2 Å². The third-order valence-electron chi connectivity index (χ3n) is 5.44. The maximum absolute atomic E-state index is 13.4. The van der Waals surface area contributed by atoms with Crippen LogP contribution in [0.4, 0.5) is 4.79 Å². The van der Waals surface area contributed by atoms with E-state index in [4.69, 9.17) is 4.74 Å². The molecule has 1 saturated heterocycles. The molecule has 0 saturated carbocycles. The Balaban J connectivity index is 2.25. The van der Waals surface area contributed by atoms with Crippen molar-refractivity contribution >= 4 is 18.0 Å². The largest absolute Gasteiger partial charge is 0.480 e. The molecule has 0 aromatic heterocycles. The minimum atomic E-state index is -0.965. The van der Waals surface area contributed by atoms with Crippen molar-refractivity contribution in [2.24, 2.45) is 11.8 Å². The number of carbonyl (C=O) groups is 3. The molecular weight excluding hydrogens is 420 g/mol. The van der Waals surface area contributed by atoms with E-state index in [2.05, 4.69) is 19.2 Å². The molecule has 182 valence electrons. The van der Waals surface area contributed by atoms with Crippen LogP contribution in [0.3, 0.4) is 0 Å². The van der Waals surface area contributed by atoms with Gasteiger partial charge in [-0.05, 0) is 57.9 Å². The van der Waals surface area contributed by atoms with Gasteiger partial charge in [0, 0.05) is 6.54 Å². The Kier molecular flexibility index (Phi) is 9.50. The molecule has 1 aromatic rings. The predicted octanol–water partition coefficient (Wildman–Crippen LogP) is 4.42. The van der Waals surface area contributed by atoms with Crippen molar-refractivity contribution in [2.45, 2.75) is 78.0 Å². The molecule has 7 nitrogen and oxygen atoms in total. The van der Waals surface area contributed by atoms with E-state index in [0.717, 1.165) is 5.56 Å². The lowest BCUT2D eigenvalue weighted by atomic mass is 9.95. The summed E-state index contributed by atoms with van der Waals surface area (Å²) in [5.74, 6) is -1.37. The highest BCUT2D eigenvalue weighted by Crippen LogP contribution is 2.23. The van der Waals surface area contributed by atoms with Crippen LogP contribution < -0.4 is 5.32 Å². The topological polar surface area (TPSA) is 95.9 Å². The zero-order valence-corrected chi connectivity index (χ0v) is 20.4. The monoisotopic (exact) mass is 458 g/mol. The Hall–Kier alpha value is -2.83. The number of alkyl carbamates (subject to hydrolysis) is 1. The van der Waals surface area contributed by atoms with E-state index in [1.54, 1.807) is 0 Å². The van der Waals surface area contributed by atoms with Gasteiger partial charge in [-0.15, -0.1) is 0 Å². The van der Waals surface area contributed by atoms with Crippen molar-refractivity contribution in [1.29, 1.82) is 0 Å². The van der Waals surface area contributed by atoms with Crippen molar-refractivity contribution in [3.8, 4) is 0 Å². The van der Waals surface area contributed by atoms with Gasteiger partial charge in [0.2, 0.25) is 5.91 Å². The first-order valence-electron chi connectivity index (χ1n) is 11.7. The van der Waals surface area contributed by atoms with Crippen LogP contribution in [0.1, 0.15) is 59.4 Å². The average molecular weight is 459 g/mol. The molecule has 2 amide bonds. The molecular formula is C26H38N2O5. The molecule has 33 heavy (non-hydrogen) atoms. The quantitative estimate of drug-likeness (QED) is 0.534. The number of carboxylic acid groups (broad SMARTS) is 1. The third kappa shape index (κ3) is 8.91. The van der Waals surface area contributed by atoms with E-state index < -0.39 is 29.6 Å². The van der Waals surface area contributed by atoms with Gasteiger partial charge in [-0.1, -0.05) is 56.3 Å². The number of carboxylic acids is 1. The molecule has 2 N–H and O–H groups in total. The van der Waals surface area contributed by atoms with Gasteiger partial charge in [0.15, 0.2) is 0 Å².